The molecule has 0 heterocycles. The Morgan fingerprint density at radius 2 is 2.00 bits per heavy atom. The number of methoxy groups -OCH3 is 1. The third-order valence-corrected chi connectivity index (χ3v) is 1.75. The molecule has 0 aromatic heterocycles. The molecule has 0 aliphatic heterocycles. The summed E-state index contributed by atoms with van der Waals surface area (Å²) in [5.41, 5.74) is 1.10. The van der Waals surface area contributed by atoms with Gasteiger partial charge in [-0.25, -0.2) is 0 Å². The SMILES string of the molecule is COc1ccc(CN(C)C#N)cc1. The number of nitrogens with zero attached hydrogens (tertiary/aromatic N) is 2. The van der Waals surface area contributed by atoms with Crippen molar-refractivity contribution in [3.8, 4) is 11.9 Å². The summed E-state index contributed by atoms with van der Waals surface area (Å²) in [4.78, 5) is 1.57. The summed E-state index contributed by atoms with van der Waals surface area (Å²) in [6, 6.07) is 7.68. The topological polar surface area (TPSA) is 36.3 Å². The number of nitriles is 1. The van der Waals surface area contributed by atoms with Crippen LogP contribution in [0, 0.1) is 11.5 Å². The first-order chi connectivity index (χ1) is 6.26. The molecule has 0 radical (unpaired) electrons. The van der Waals surface area contributed by atoms with E-state index in [0.717, 1.165) is 11.3 Å². The molecule has 0 aliphatic rings. The van der Waals surface area contributed by atoms with Gasteiger partial charge in [-0.3, -0.25) is 0 Å². The average Bonchev–Trinajstić information content (AvgIpc) is 2.19. The summed E-state index contributed by atoms with van der Waals surface area (Å²) in [7, 11) is 3.39. The predicted molar refractivity (Wildman–Crippen MR) is 50.1 cm³/mol. The van der Waals surface area contributed by atoms with E-state index in [4.69, 9.17) is 10.00 Å². The second-order valence-electron chi connectivity index (χ2n) is 2.80. The van der Waals surface area contributed by atoms with E-state index in [1.54, 1.807) is 19.1 Å². The fourth-order valence-electron chi connectivity index (χ4n) is 1.04. The Labute approximate surface area is 78.2 Å². The van der Waals surface area contributed by atoms with E-state index in [1.807, 2.05) is 30.5 Å². The fourth-order valence-corrected chi connectivity index (χ4v) is 1.04. The maximum atomic E-state index is 8.55. The molecule has 0 fully saturated rings. The lowest BCUT2D eigenvalue weighted by Gasteiger charge is -2.08. The zero-order valence-corrected chi connectivity index (χ0v) is 7.82. The van der Waals surface area contributed by atoms with Gasteiger partial charge in [0.05, 0.1) is 13.7 Å². The molecule has 1 aromatic rings. The summed E-state index contributed by atoms with van der Waals surface area (Å²) < 4.78 is 5.02. The molecule has 0 amide bonds. The molecule has 0 unspecified atom stereocenters. The van der Waals surface area contributed by atoms with Gasteiger partial charge in [0, 0.05) is 7.05 Å². The van der Waals surface area contributed by atoms with Gasteiger partial charge in [0.15, 0.2) is 6.19 Å². The van der Waals surface area contributed by atoms with Crippen LogP contribution in [-0.4, -0.2) is 19.1 Å². The zero-order chi connectivity index (χ0) is 9.68. The lowest BCUT2D eigenvalue weighted by atomic mass is 10.2. The third-order valence-electron chi connectivity index (χ3n) is 1.75. The van der Waals surface area contributed by atoms with Crippen molar-refractivity contribution < 1.29 is 4.74 Å². The monoisotopic (exact) mass is 176 g/mol. The van der Waals surface area contributed by atoms with Crippen molar-refractivity contribution in [2.24, 2.45) is 0 Å². The van der Waals surface area contributed by atoms with Crippen LogP contribution in [-0.2, 0) is 6.54 Å². The molecule has 0 atom stereocenters. The Morgan fingerprint density at radius 3 is 2.46 bits per heavy atom. The van der Waals surface area contributed by atoms with Gasteiger partial charge in [-0.15, -0.1) is 0 Å². The van der Waals surface area contributed by atoms with Gasteiger partial charge >= 0.3 is 0 Å². The van der Waals surface area contributed by atoms with Gasteiger partial charge in [0.25, 0.3) is 0 Å². The highest BCUT2D eigenvalue weighted by molar-refractivity contribution is 5.27. The number of rotatable bonds is 3. The molecule has 0 saturated heterocycles. The highest BCUT2D eigenvalue weighted by Gasteiger charge is 1.97. The Morgan fingerprint density at radius 1 is 1.38 bits per heavy atom. The zero-order valence-electron chi connectivity index (χ0n) is 7.82. The molecular weight excluding hydrogens is 164 g/mol. The molecular formula is C10H12N2O. The number of ether oxygens (including phenoxy) is 1. The minimum atomic E-state index is 0.639. The minimum absolute atomic E-state index is 0.639. The van der Waals surface area contributed by atoms with Crippen molar-refractivity contribution in [3.05, 3.63) is 29.8 Å². The number of benzene rings is 1. The van der Waals surface area contributed by atoms with Gasteiger partial charge in [0.1, 0.15) is 5.75 Å². The van der Waals surface area contributed by atoms with Gasteiger partial charge in [-0.1, -0.05) is 12.1 Å². The van der Waals surface area contributed by atoms with Crippen molar-refractivity contribution in [3.63, 3.8) is 0 Å². The van der Waals surface area contributed by atoms with Crippen LogP contribution < -0.4 is 4.74 Å². The maximum Gasteiger partial charge on any atom is 0.179 e. The van der Waals surface area contributed by atoms with Gasteiger partial charge < -0.3 is 9.64 Å². The minimum Gasteiger partial charge on any atom is -0.497 e. The van der Waals surface area contributed by atoms with Crippen LogP contribution in [0.1, 0.15) is 5.56 Å². The Balaban J connectivity index is 2.65. The third kappa shape index (κ3) is 2.68. The van der Waals surface area contributed by atoms with Gasteiger partial charge in [0.2, 0.25) is 0 Å². The summed E-state index contributed by atoms with van der Waals surface area (Å²) in [6.07, 6.45) is 2.04. The van der Waals surface area contributed by atoms with Gasteiger partial charge in [-0.05, 0) is 17.7 Å². The van der Waals surface area contributed by atoms with E-state index in [-0.39, 0.29) is 0 Å². The Bertz CT molecular complexity index is 300. The molecule has 1 rings (SSSR count). The molecule has 0 N–H and O–H groups in total. The van der Waals surface area contributed by atoms with Crippen LogP contribution in [0.4, 0.5) is 0 Å². The first-order valence-electron chi connectivity index (χ1n) is 4.00. The largest absolute Gasteiger partial charge is 0.497 e. The lowest BCUT2D eigenvalue weighted by molar-refractivity contribution is 0.414. The number of hydrogen-bond donors (Lipinski definition) is 0. The fraction of sp³-hybridized carbons (Fsp3) is 0.300. The molecule has 1 aromatic carbocycles. The molecule has 0 spiro atoms. The lowest BCUT2D eigenvalue weighted by Crippen LogP contribution is -2.09. The predicted octanol–water partition coefficient (Wildman–Crippen LogP) is 1.61. The van der Waals surface area contributed by atoms with E-state index >= 15 is 0 Å². The van der Waals surface area contributed by atoms with E-state index in [0.29, 0.717) is 6.54 Å². The standard InChI is InChI=1S/C10H12N2O/c1-12(8-11)7-9-3-5-10(13-2)6-4-9/h3-6H,7H2,1-2H3. The van der Waals surface area contributed by atoms with Crippen molar-refractivity contribution in [1.29, 1.82) is 5.26 Å². The molecule has 0 aliphatic carbocycles. The molecule has 3 heteroatoms. The Hall–Kier alpha value is -1.69. The molecule has 0 saturated carbocycles. The molecule has 3 nitrogen and oxygen atoms in total. The van der Waals surface area contributed by atoms with E-state index in [2.05, 4.69) is 0 Å². The van der Waals surface area contributed by atoms with Crippen LogP contribution >= 0.6 is 0 Å². The normalized spacial score (nSPS) is 9.00. The van der Waals surface area contributed by atoms with E-state index < -0.39 is 0 Å². The molecule has 68 valence electrons. The van der Waals surface area contributed by atoms with Crippen molar-refractivity contribution in [2.45, 2.75) is 6.54 Å². The second-order valence-corrected chi connectivity index (χ2v) is 2.80. The quantitative estimate of drug-likeness (QED) is 0.518. The first-order valence-corrected chi connectivity index (χ1v) is 4.00. The van der Waals surface area contributed by atoms with Crippen molar-refractivity contribution in [2.75, 3.05) is 14.2 Å². The highest BCUT2D eigenvalue weighted by Crippen LogP contribution is 2.11. The van der Waals surface area contributed by atoms with E-state index in [1.165, 1.54) is 0 Å². The summed E-state index contributed by atoms with van der Waals surface area (Å²) >= 11 is 0. The summed E-state index contributed by atoms with van der Waals surface area (Å²) in [5, 5.41) is 8.55. The van der Waals surface area contributed by atoms with Crippen molar-refractivity contribution in [1.82, 2.24) is 4.90 Å². The maximum absolute atomic E-state index is 8.55. The van der Waals surface area contributed by atoms with E-state index in [9.17, 15) is 0 Å². The molecule has 0 bridgehead atoms. The summed E-state index contributed by atoms with van der Waals surface area (Å²) in [6.45, 7) is 0.639. The van der Waals surface area contributed by atoms with Crippen LogP contribution in [0.3, 0.4) is 0 Å². The van der Waals surface area contributed by atoms with Crippen LogP contribution in [0.5, 0.6) is 5.75 Å². The Kier molecular flexibility index (Phi) is 3.15. The van der Waals surface area contributed by atoms with Crippen LogP contribution in [0.2, 0.25) is 0 Å². The smallest absolute Gasteiger partial charge is 0.179 e. The highest BCUT2D eigenvalue weighted by atomic mass is 16.5. The van der Waals surface area contributed by atoms with Gasteiger partial charge in [-0.2, -0.15) is 5.26 Å². The first kappa shape index (κ1) is 9.40. The molecule has 13 heavy (non-hydrogen) atoms. The van der Waals surface area contributed by atoms with Crippen molar-refractivity contribution >= 4 is 0 Å². The second kappa shape index (κ2) is 4.36. The van der Waals surface area contributed by atoms with Crippen LogP contribution in [0.25, 0.3) is 0 Å². The number of hydrogen-bond acceptors (Lipinski definition) is 3. The average molecular weight is 176 g/mol. The van der Waals surface area contributed by atoms with Crippen LogP contribution in [0.15, 0.2) is 24.3 Å². The summed E-state index contributed by atoms with van der Waals surface area (Å²) in [5.74, 6) is 0.836.